The first-order chi connectivity index (χ1) is 22.6. The van der Waals surface area contributed by atoms with E-state index < -0.39 is 0 Å². The summed E-state index contributed by atoms with van der Waals surface area (Å²) in [5.74, 6) is 2.60. The van der Waals surface area contributed by atoms with E-state index >= 15 is 0 Å². The van der Waals surface area contributed by atoms with Crippen molar-refractivity contribution in [1.29, 1.82) is 0 Å². The van der Waals surface area contributed by atoms with E-state index in [2.05, 4.69) is 139 Å². The summed E-state index contributed by atoms with van der Waals surface area (Å²) >= 11 is 0. The fourth-order valence-electron chi connectivity index (χ4n) is 12.3. The first-order valence-electron chi connectivity index (χ1n) is 19.8. The summed E-state index contributed by atoms with van der Waals surface area (Å²) in [6.07, 6.45) is 34.5. The van der Waals surface area contributed by atoms with E-state index in [0.29, 0.717) is 29.7 Å². The third-order valence-corrected chi connectivity index (χ3v) is 15.3. The average molecular weight is 650 g/mol. The van der Waals surface area contributed by atoms with E-state index in [1.165, 1.54) is 57.1 Å². The zero-order valence-electron chi connectivity index (χ0n) is 32.3. The number of allylic oxidation sites excluding steroid dienone is 13. The molecule has 7 rings (SSSR count). The van der Waals surface area contributed by atoms with Crippen LogP contribution >= 0.6 is 0 Å². The maximum atomic E-state index is 4.29. The molecule has 3 nitrogen and oxygen atoms in total. The Morgan fingerprint density at radius 3 is 2.35 bits per heavy atom. The normalized spacial score (nSPS) is 44.3. The van der Waals surface area contributed by atoms with Gasteiger partial charge in [0.25, 0.3) is 0 Å². The lowest BCUT2D eigenvalue weighted by atomic mass is 9.57. The van der Waals surface area contributed by atoms with Gasteiger partial charge in [0.2, 0.25) is 0 Å². The van der Waals surface area contributed by atoms with Crippen molar-refractivity contribution in [2.45, 2.75) is 138 Å². The maximum absolute atomic E-state index is 4.29. The molecule has 6 aliphatic carbocycles. The Balaban J connectivity index is 1.29. The number of hydrazine groups is 1. The van der Waals surface area contributed by atoms with Crippen LogP contribution in [0.1, 0.15) is 127 Å². The Hall–Kier alpha value is -2.10. The average Bonchev–Trinajstić information content (AvgIpc) is 3.40. The molecule has 0 aromatic carbocycles. The lowest BCUT2D eigenvalue weighted by molar-refractivity contribution is -0.0608. The first-order valence-corrected chi connectivity index (χ1v) is 19.8. The van der Waals surface area contributed by atoms with E-state index in [4.69, 9.17) is 0 Å². The van der Waals surface area contributed by atoms with Crippen molar-refractivity contribution in [3.8, 4) is 0 Å². The summed E-state index contributed by atoms with van der Waals surface area (Å²) in [5, 5.41) is 9.79. The number of nitrogens with one attached hydrogen (secondary N) is 1. The number of nitrogens with zero attached hydrogens (tertiary/aromatic N) is 2. The molecule has 48 heavy (non-hydrogen) atoms. The second-order valence-electron chi connectivity index (χ2n) is 19.0. The zero-order chi connectivity index (χ0) is 34.3. The van der Waals surface area contributed by atoms with Gasteiger partial charge in [-0.05, 0) is 122 Å². The molecule has 0 saturated carbocycles. The maximum Gasteiger partial charge on any atom is 0.0821 e. The monoisotopic (exact) mass is 650 g/mol. The van der Waals surface area contributed by atoms with Gasteiger partial charge in [0.05, 0.1) is 12.2 Å². The van der Waals surface area contributed by atoms with Crippen LogP contribution in [-0.4, -0.2) is 35.3 Å². The van der Waals surface area contributed by atoms with Crippen molar-refractivity contribution in [1.82, 2.24) is 15.3 Å². The van der Waals surface area contributed by atoms with Gasteiger partial charge in [-0.2, -0.15) is 0 Å². The third-order valence-electron chi connectivity index (χ3n) is 15.3. The molecule has 0 bridgehead atoms. The first kappa shape index (κ1) is 34.4. The molecular formula is C45H67N3. The van der Waals surface area contributed by atoms with Crippen molar-refractivity contribution >= 4 is 0 Å². The standard InChI is InChI=1S/C45H67N3/c1-31-22-26-44(8)36(27-31)34-20-21-37(40(39(34)41(44,4)5)42(6)23-14-11-15-24-42)46-30-48-45(9,35-19-13-12-18-33(35)3)29-38(47(48)10)43(7)25-16-17-32(2)28-43/h11,14-17,19,22-23,26,31-33,36,38,46H,12-13,18,20-21,24-25,27-30H2,1-10H3. The van der Waals surface area contributed by atoms with Crippen molar-refractivity contribution in [3.63, 3.8) is 0 Å². The topological polar surface area (TPSA) is 18.5 Å². The van der Waals surface area contributed by atoms with Crippen LogP contribution in [0.5, 0.6) is 0 Å². The molecule has 262 valence electrons. The lowest BCUT2D eigenvalue weighted by Gasteiger charge is -2.47. The van der Waals surface area contributed by atoms with Gasteiger partial charge in [-0.3, -0.25) is 0 Å². The predicted octanol–water partition coefficient (Wildman–Crippen LogP) is 11.1. The van der Waals surface area contributed by atoms with Crippen LogP contribution < -0.4 is 5.32 Å². The Bertz CT molecular complexity index is 1520. The Kier molecular flexibility index (Phi) is 8.59. The van der Waals surface area contributed by atoms with E-state index in [1.807, 2.05) is 0 Å². The molecule has 0 aromatic heterocycles. The van der Waals surface area contributed by atoms with Gasteiger partial charge in [0, 0.05) is 29.6 Å². The number of fused-ring (bicyclic) bond motifs is 2. The van der Waals surface area contributed by atoms with Crippen LogP contribution in [0.4, 0.5) is 0 Å². The molecule has 7 aliphatic rings. The van der Waals surface area contributed by atoms with Gasteiger partial charge < -0.3 is 5.32 Å². The Morgan fingerprint density at radius 1 is 0.854 bits per heavy atom. The molecule has 9 unspecified atom stereocenters. The van der Waals surface area contributed by atoms with Crippen LogP contribution in [0, 0.1) is 45.3 Å². The molecule has 0 spiro atoms. The number of hydrogen-bond donors (Lipinski definition) is 1. The summed E-state index contributed by atoms with van der Waals surface area (Å²) in [7, 11) is 2.42. The highest BCUT2D eigenvalue weighted by atomic mass is 15.7. The lowest BCUT2D eigenvalue weighted by Crippen LogP contribution is -2.54. The molecule has 1 fully saturated rings. The van der Waals surface area contributed by atoms with Crippen LogP contribution in [0.3, 0.4) is 0 Å². The highest BCUT2D eigenvalue weighted by Gasteiger charge is 2.59. The van der Waals surface area contributed by atoms with Gasteiger partial charge in [0.1, 0.15) is 0 Å². The zero-order valence-corrected chi connectivity index (χ0v) is 32.3. The van der Waals surface area contributed by atoms with Gasteiger partial charge in [-0.25, -0.2) is 10.0 Å². The molecule has 0 radical (unpaired) electrons. The van der Waals surface area contributed by atoms with Crippen LogP contribution in [0.15, 0.2) is 82.7 Å². The Morgan fingerprint density at radius 2 is 1.65 bits per heavy atom. The molecule has 0 aromatic rings. The van der Waals surface area contributed by atoms with Crippen molar-refractivity contribution in [3.05, 3.63) is 82.7 Å². The van der Waals surface area contributed by atoms with Gasteiger partial charge in [0.15, 0.2) is 0 Å². The van der Waals surface area contributed by atoms with Crippen molar-refractivity contribution in [2.75, 3.05) is 13.7 Å². The fourth-order valence-corrected chi connectivity index (χ4v) is 12.3. The van der Waals surface area contributed by atoms with E-state index in [1.54, 1.807) is 22.3 Å². The van der Waals surface area contributed by atoms with Crippen molar-refractivity contribution in [2.24, 2.45) is 45.3 Å². The van der Waals surface area contributed by atoms with E-state index in [9.17, 15) is 0 Å². The molecule has 1 heterocycles. The van der Waals surface area contributed by atoms with Crippen LogP contribution in [0.2, 0.25) is 0 Å². The second-order valence-corrected chi connectivity index (χ2v) is 19.0. The highest BCUT2D eigenvalue weighted by Crippen LogP contribution is 2.68. The molecule has 0 amide bonds. The predicted molar refractivity (Wildman–Crippen MR) is 204 cm³/mol. The molecular weight excluding hydrogens is 583 g/mol. The third kappa shape index (κ3) is 5.18. The van der Waals surface area contributed by atoms with Crippen LogP contribution in [0.25, 0.3) is 0 Å². The Labute approximate surface area is 294 Å². The molecule has 1 aliphatic heterocycles. The number of hydrogen-bond acceptors (Lipinski definition) is 3. The molecule has 1 saturated heterocycles. The fraction of sp³-hybridized carbons (Fsp3) is 0.689. The minimum Gasteiger partial charge on any atom is -0.374 e. The smallest absolute Gasteiger partial charge is 0.0821 e. The summed E-state index contributed by atoms with van der Waals surface area (Å²) in [4.78, 5) is 0. The van der Waals surface area contributed by atoms with Gasteiger partial charge in [-0.1, -0.05) is 116 Å². The second kappa shape index (κ2) is 12.0. The van der Waals surface area contributed by atoms with Gasteiger partial charge in [-0.15, -0.1) is 0 Å². The van der Waals surface area contributed by atoms with Crippen molar-refractivity contribution < 1.29 is 0 Å². The molecule has 1 N–H and O–H groups in total. The summed E-state index contributed by atoms with van der Waals surface area (Å²) in [6.45, 7) is 23.6. The minimum atomic E-state index is -0.00422. The minimum absolute atomic E-state index is 0.00422. The summed E-state index contributed by atoms with van der Waals surface area (Å²) in [6, 6.07) is 0.524. The number of rotatable bonds is 6. The SMILES string of the molecule is CC1C=CC2(C)C(C1)C1=C(C(C3(C)C=CC=CC3)=C(NCN3N(C)C(C4(C)CC=CC(C)C4)CC3(C)C3=CCCCC3C)CC1)C2(C)C. The molecule has 3 heteroatoms. The van der Waals surface area contributed by atoms with Gasteiger partial charge >= 0.3 is 0 Å². The highest BCUT2D eigenvalue weighted by molar-refractivity contribution is 5.58. The molecule has 9 atom stereocenters. The largest absolute Gasteiger partial charge is 0.374 e. The van der Waals surface area contributed by atoms with E-state index in [-0.39, 0.29) is 27.2 Å². The summed E-state index contributed by atoms with van der Waals surface area (Å²) in [5.41, 5.74) is 8.84. The summed E-state index contributed by atoms with van der Waals surface area (Å²) < 4.78 is 0. The van der Waals surface area contributed by atoms with E-state index in [0.717, 1.165) is 19.5 Å². The quantitative estimate of drug-likeness (QED) is 0.289. The van der Waals surface area contributed by atoms with Crippen LogP contribution in [-0.2, 0) is 0 Å².